The predicted molar refractivity (Wildman–Crippen MR) is 99.3 cm³/mol. The van der Waals surface area contributed by atoms with Gasteiger partial charge in [0.1, 0.15) is 11.6 Å². The van der Waals surface area contributed by atoms with E-state index in [-0.39, 0.29) is 12.3 Å². The van der Waals surface area contributed by atoms with E-state index >= 15 is 0 Å². The molecule has 3 N–H and O–H groups in total. The van der Waals surface area contributed by atoms with Crippen LogP contribution in [0.15, 0.2) is 24.3 Å². The Morgan fingerprint density at radius 1 is 1.22 bits per heavy atom. The Bertz CT molecular complexity index is 654. The van der Waals surface area contributed by atoms with Crippen molar-refractivity contribution in [3.05, 3.63) is 39.9 Å². The first-order chi connectivity index (χ1) is 12.6. The quantitative estimate of drug-likeness (QED) is 0.466. The van der Waals surface area contributed by atoms with Crippen LogP contribution in [0.3, 0.4) is 0 Å². The fourth-order valence-corrected chi connectivity index (χ4v) is 2.30. The van der Waals surface area contributed by atoms with E-state index in [0.717, 1.165) is 5.56 Å². The van der Waals surface area contributed by atoms with Gasteiger partial charge in [-0.3, -0.25) is 14.9 Å². The summed E-state index contributed by atoms with van der Waals surface area (Å²) >= 11 is 0. The van der Waals surface area contributed by atoms with Gasteiger partial charge in [-0.1, -0.05) is 19.1 Å². The van der Waals surface area contributed by atoms with Gasteiger partial charge < -0.3 is 20.5 Å². The molecule has 0 radical (unpaired) electrons. The summed E-state index contributed by atoms with van der Waals surface area (Å²) in [5, 5.41) is 25.4. The van der Waals surface area contributed by atoms with E-state index < -0.39 is 34.6 Å². The van der Waals surface area contributed by atoms with E-state index in [0.29, 0.717) is 12.8 Å². The van der Waals surface area contributed by atoms with Crippen LogP contribution in [0.25, 0.3) is 0 Å². The standard InChI is InChI=1S/C18H27N3O6/c1-5-15(20-17(24)27-18(2,3)4)16(23)19-13(11-22)10-12-6-8-14(9-7-12)21(25)26/h6-9,13,15,22H,5,10-11H2,1-4H3,(H,19,23)(H,20,24)/t13-,15-/m0/s1. The fraction of sp³-hybridized carbons (Fsp3) is 0.556. The molecule has 0 saturated heterocycles. The first kappa shape index (κ1) is 22.4. The summed E-state index contributed by atoms with van der Waals surface area (Å²) in [4.78, 5) is 34.4. The van der Waals surface area contributed by atoms with Crippen LogP contribution in [0.5, 0.6) is 0 Å². The minimum Gasteiger partial charge on any atom is -0.444 e. The molecular formula is C18H27N3O6. The van der Waals surface area contributed by atoms with Crippen molar-refractivity contribution in [1.29, 1.82) is 0 Å². The molecule has 0 aliphatic rings. The normalized spacial score (nSPS) is 13.4. The van der Waals surface area contributed by atoms with Crippen molar-refractivity contribution in [1.82, 2.24) is 10.6 Å². The van der Waals surface area contributed by atoms with Gasteiger partial charge in [0.25, 0.3) is 5.69 Å². The molecule has 2 amide bonds. The number of amides is 2. The van der Waals surface area contributed by atoms with Crippen LogP contribution in [-0.2, 0) is 16.0 Å². The van der Waals surface area contributed by atoms with Crippen molar-refractivity contribution in [2.24, 2.45) is 0 Å². The molecule has 0 aliphatic heterocycles. The van der Waals surface area contributed by atoms with E-state index in [9.17, 15) is 24.8 Å². The number of non-ortho nitro benzene ring substituents is 1. The van der Waals surface area contributed by atoms with Crippen LogP contribution < -0.4 is 10.6 Å². The third kappa shape index (κ3) is 8.04. The van der Waals surface area contributed by atoms with Crippen molar-refractivity contribution < 1.29 is 24.4 Å². The average molecular weight is 381 g/mol. The molecule has 2 atom stereocenters. The molecule has 1 rings (SSSR count). The first-order valence-electron chi connectivity index (χ1n) is 8.69. The smallest absolute Gasteiger partial charge is 0.408 e. The summed E-state index contributed by atoms with van der Waals surface area (Å²) in [6.45, 7) is 6.59. The minimum atomic E-state index is -0.800. The highest BCUT2D eigenvalue weighted by molar-refractivity contribution is 5.85. The lowest BCUT2D eigenvalue weighted by atomic mass is 10.1. The summed E-state index contributed by atoms with van der Waals surface area (Å²) in [6.07, 6.45) is -0.0513. The van der Waals surface area contributed by atoms with E-state index in [1.54, 1.807) is 39.8 Å². The summed E-state index contributed by atoms with van der Waals surface area (Å²) in [7, 11) is 0. The number of carbonyl (C=O) groups is 2. The molecule has 27 heavy (non-hydrogen) atoms. The fourth-order valence-electron chi connectivity index (χ4n) is 2.30. The number of benzene rings is 1. The van der Waals surface area contributed by atoms with Crippen LogP contribution in [0.2, 0.25) is 0 Å². The molecular weight excluding hydrogens is 354 g/mol. The zero-order chi connectivity index (χ0) is 20.6. The number of carbonyl (C=O) groups excluding carboxylic acids is 2. The summed E-state index contributed by atoms with van der Waals surface area (Å²) in [5.41, 5.74) is 0.0200. The SMILES string of the molecule is CC[C@H](NC(=O)OC(C)(C)C)C(=O)N[C@H](CO)Cc1ccc([N+](=O)[O-])cc1. The number of aliphatic hydroxyl groups is 1. The largest absolute Gasteiger partial charge is 0.444 e. The molecule has 0 saturated carbocycles. The molecule has 0 fully saturated rings. The Morgan fingerprint density at radius 2 is 1.81 bits per heavy atom. The first-order valence-corrected chi connectivity index (χ1v) is 8.69. The Hall–Kier alpha value is -2.68. The van der Waals surface area contributed by atoms with E-state index in [1.807, 2.05) is 0 Å². The van der Waals surface area contributed by atoms with Crippen molar-refractivity contribution in [2.45, 2.75) is 58.2 Å². The van der Waals surface area contributed by atoms with Crippen molar-refractivity contribution in [3.63, 3.8) is 0 Å². The number of nitro groups is 1. The van der Waals surface area contributed by atoms with Gasteiger partial charge in [-0.15, -0.1) is 0 Å². The lowest BCUT2D eigenvalue weighted by Gasteiger charge is -2.24. The number of hydrogen-bond acceptors (Lipinski definition) is 6. The second kappa shape index (κ2) is 9.86. The lowest BCUT2D eigenvalue weighted by molar-refractivity contribution is -0.384. The van der Waals surface area contributed by atoms with Crippen LogP contribution in [0.4, 0.5) is 10.5 Å². The topological polar surface area (TPSA) is 131 Å². The highest BCUT2D eigenvalue weighted by atomic mass is 16.6. The maximum absolute atomic E-state index is 12.4. The van der Waals surface area contributed by atoms with Crippen molar-refractivity contribution >= 4 is 17.7 Å². The zero-order valence-electron chi connectivity index (χ0n) is 16.0. The number of ether oxygens (including phenoxy) is 1. The molecule has 150 valence electrons. The van der Waals surface area contributed by atoms with Gasteiger partial charge in [0.15, 0.2) is 0 Å². The third-order valence-corrected chi connectivity index (χ3v) is 3.61. The number of rotatable bonds is 8. The van der Waals surface area contributed by atoms with Crippen LogP contribution in [0.1, 0.15) is 39.7 Å². The van der Waals surface area contributed by atoms with Crippen molar-refractivity contribution in [3.8, 4) is 0 Å². The molecule has 0 bridgehead atoms. The Labute approximate surface area is 158 Å². The van der Waals surface area contributed by atoms with Gasteiger partial charge >= 0.3 is 6.09 Å². The number of alkyl carbamates (subject to hydrolysis) is 1. The minimum absolute atomic E-state index is 0.0315. The van der Waals surface area contributed by atoms with Gasteiger partial charge in [-0.25, -0.2) is 4.79 Å². The number of nitrogens with one attached hydrogen (secondary N) is 2. The van der Waals surface area contributed by atoms with E-state index in [4.69, 9.17) is 4.74 Å². The summed E-state index contributed by atoms with van der Waals surface area (Å²) < 4.78 is 5.14. The molecule has 0 unspecified atom stereocenters. The molecule has 0 spiro atoms. The summed E-state index contributed by atoms with van der Waals surface area (Å²) in [5.74, 6) is -0.440. The van der Waals surface area contributed by atoms with E-state index in [2.05, 4.69) is 10.6 Å². The number of aliphatic hydroxyl groups excluding tert-OH is 1. The van der Waals surface area contributed by atoms with Gasteiger partial charge in [0.05, 0.1) is 17.6 Å². The second-order valence-electron chi connectivity index (χ2n) is 7.12. The monoisotopic (exact) mass is 381 g/mol. The maximum Gasteiger partial charge on any atom is 0.408 e. The molecule has 9 heteroatoms. The molecule has 0 aromatic heterocycles. The molecule has 0 heterocycles. The van der Waals surface area contributed by atoms with Crippen molar-refractivity contribution in [2.75, 3.05) is 6.61 Å². The number of hydrogen-bond donors (Lipinski definition) is 3. The third-order valence-electron chi connectivity index (χ3n) is 3.61. The lowest BCUT2D eigenvalue weighted by Crippen LogP contribution is -2.51. The number of nitrogens with zero attached hydrogens (tertiary/aromatic N) is 1. The second-order valence-corrected chi connectivity index (χ2v) is 7.12. The van der Waals surface area contributed by atoms with E-state index in [1.165, 1.54) is 12.1 Å². The maximum atomic E-state index is 12.4. The Balaban J connectivity index is 2.66. The molecule has 0 aliphatic carbocycles. The van der Waals surface area contributed by atoms with Gasteiger partial charge in [-0.05, 0) is 39.2 Å². The highest BCUT2D eigenvalue weighted by Crippen LogP contribution is 2.13. The predicted octanol–water partition coefficient (Wildman–Crippen LogP) is 1.92. The van der Waals surface area contributed by atoms with Gasteiger partial charge in [0.2, 0.25) is 5.91 Å². The van der Waals surface area contributed by atoms with Gasteiger partial charge in [-0.2, -0.15) is 0 Å². The number of nitro benzene ring substituents is 1. The van der Waals surface area contributed by atoms with Crippen LogP contribution in [-0.4, -0.2) is 46.3 Å². The molecule has 9 nitrogen and oxygen atoms in total. The highest BCUT2D eigenvalue weighted by Gasteiger charge is 2.24. The average Bonchev–Trinajstić information content (AvgIpc) is 2.57. The van der Waals surface area contributed by atoms with Gasteiger partial charge in [0, 0.05) is 12.1 Å². The molecule has 1 aromatic rings. The Kier molecular flexibility index (Phi) is 8.17. The van der Waals surface area contributed by atoms with Crippen LogP contribution >= 0.6 is 0 Å². The summed E-state index contributed by atoms with van der Waals surface area (Å²) in [6, 6.07) is 4.49. The zero-order valence-corrected chi connectivity index (χ0v) is 16.0. The van der Waals surface area contributed by atoms with Crippen LogP contribution in [0, 0.1) is 10.1 Å². The molecule has 1 aromatic carbocycles. The Morgan fingerprint density at radius 3 is 2.26 bits per heavy atom.